The standard InChI is InChI=1S/C12H19N3O/c1-5-12(4)6-15(7-12)11(16)10-8(2)13-9(3)14-10/h5-7H2,1-4H3,(H,13,14). The van der Waals surface area contributed by atoms with Crippen LogP contribution in [0, 0.1) is 19.3 Å². The van der Waals surface area contributed by atoms with Gasteiger partial charge in [0.15, 0.2) is 0 Å². The molecule has 0 radical (unpaired) electrons. The normalized spacial score (nSPS) is 18.4. The van der Waals surface area contributed by atoms with E-state index in [1.165, 1.54) is 0 Å². The number of H-pyrrole nitrogens is 1. The summed E-state index contributed by atoms with van der Waals surface area (Å²) in [5.74, 6) is 0.868. The average molecular weight is 221 g/mol. The van der Waals surface area contributed by atoms with Gasteiger partial charge >= 0.3 is 0 Å². The zero-order chi connectivity index (χ0) is 11.9. The predicted molar refractivity (Wildman–Crippen MR) is 62.4 cm³/mol. The van der Waals surface area contributed by atoms with Gasteiger partial charge in [0, 0.05) is 24.2 Å². The molecule has 0 atom stereocenters. The van der Waals surface area contributed by atoms with E-state index in [1.54, 1.807) is 0 Å². The number of aromatic amines is 1. The van der Waals surface area contributed by atoms with Crippen molar-refractivity contribution in [2.75, 3.05) is 13.1 Å². The molecule has 0 unspecified atom stereocenters. The fourth-order valence-corrected chi connectivity index (χ4v) is 2.21. The fraction of sp³-hybridized carbons (Fsp3) is 0.667. The van der Waals surface area contributed by atoms with Gasteiger partial charge in [-0.15, -0.1) is 0 Å². The van der Waals surface area contributed by atoms with Crippen LogP contribution >= 0.6 is 0 Å². The highest BCUT2D eigenvalue weighted by Gasteiger charge is 2.40. The summed E-state index contributed by atoms with van der Waals surface area (Å²) in [6, 6.07) is 0. The van der Waals surface area contributed by atoms with Crippen LogP contribution in [0.25, 0.3) is 0 Å². The largest absolute Gasteiger partial charge is 0.346 e. The smallest absolute Gasteiger partial charge is 0.274 e. The molecule has 2 heterocycles. The lowest BCUT2D eigenvalue weighted by Crippen LogP contribution is -2.56. The van der Waals surface area contributed by atoms with Crippen molar-refractivity contribution in [3.8, 4) is 0 Å². The third kappa shape index (κ3) is 1.72. The van der Waals surface area contributed by atoms with Crippen LogP contribution in [0.1, 0.15) is 42.3 Å². The first-order valence-electron chi connectivity index (χ1n) is 5.78. The van der Waals surface area contributed by atoms with E-state index >= 15 is 0 Å². The molecule has 0 aromatic carbocycles. The van der Waals surface area contributed by atoms with Gasteiger partial charge in [-0.3, -0.25) is 4.79 Å². The predicted octanol–water partition coefficient (Wildman–Crippen LogP) is 1.90. The molecule has 4 nitrogen and oxygen atoms in total. The molecule has 0 spiro atoms. The van der Waals surface area contributed by atoms with Gasteiger partial charge < -0.3 is 9.88 Å². The highest BCUT2D eigenvalue weighted by molar-refractivity contribution is 5.94. The van der Waals surface area contributed by atoms with Crippen molar-refractivity contribution in [1.29, 1.82) is 0 Å². The summed E-state index contributed by atoms with van der Waals surface area (Å²) in [6.45, 7) is 9.87. The lowest BCUT2D eigenvalue weighted by Gasteiger charge is -2.47. The highest BCUT2D eigenvalue weighted by atomic mass is 16.2. The first-order valence-corrected chi connectivity index (χ1v) is 5.78. The van der Waals surface area contributed by atoms with Gasteiger partial charge in [-0.25, -0.2) is 4.98 Å². The molecule has 1 N–H and O–H groups in total. The van der Waals surface area contributed by atoms with Crippen LogP contribution in [0.3, 0.4) is 0 Å². The number of carbonyl (C=O) groups excluding carboxylic acids is 1. The number of nitrogens with zero attached hydrogens (tertiary/aromatic N) is 2. The average Bonchev–Trinajstić information content (AvgIpc) is 2.52. The maximum Gasteiger partial charge on any atom is 0.274 e. The molecule has 88 valence electrons. The molecule has 1 fully saturated rings. The van der Waals surface area contributed by atoms with E-state index < -0.39 is 0 Å². The topological polar surface area (TPSA) is 49.0 Å². The van der Waals surface area contributed by atoms with Crippen LogP contribution in [-0.4, -0.2) is 33.9 Å². The minimum absolute atomic E-state index is 0.0628. The SMILES string of the molecule is CCC1(C)CN(C(=O)c2nc(C)[nH]c2C)C1. The van der Waals surface area contributed by atoms with Crippen molar-refractivity contribution < 1.29 is 4.79 Å². The molecular weight excluding hydrogens is 202 g/mol. The van der Waals surface area contributed by atoms with E-state index in [-0.39, 0.29) is 5.91 Å². The van der Waals surface area contributed by atoms with E-state index in [0.717, 1.165) is 31.0 Å². The van der Waals surface area contributed by atoms with Gasteiger partial charge in [0.1, 0.15) is 11.5 Å². The molecule has 16 heavy (non-hydrogen) atoms. The van der Waals surface area contributed by atoms with Crippen molar-refractivity contribution in [3.05, 3.63) is 17.2 Å². The number of carbonyl (C=O) groups is 1. The van der Waals surface area contributed by atoms with E-state index in [1.807, 2.05) is 18.7 Å². The van der Waals surface area contributed by atoms with Crippen molar-refractivity contribution in [2.45, 2.75) is 34.1 Å². The highest BCUT2D eigenvalue weighted by Crippen LogP contribution is 2.33. The Morgan fingerprint density at radius 3 is 2.56 bits per heavy atom. The number of hydrogen-bond donors (Lipinski definition) is 1. The van der Waals surface area contributed by atoms with Crippen molar-refractivity contribution in [2.24, 2.45) is 5.41 Å². The van der Waals surface area contributed by atoms with Gasteiger partial charge in [0.25, 0.3) is 5.91 Å². The second-order valence-corrected chi connectivity index (χ2v) is 5.12. The molecule has 1 aromatic heterocycles. The van der Waals surface area contributed by atoms with E-state index in [4.69, 9.17) is 0 Å². The molecule has 1 aliphatic rings. The monoisotopic (exact) mass is 221 g/mol. The van der Waals surface area contributed by atoms with Gasteiger partial charge in [-0.05, 0) is 20.3 Å². The van der Waals surface area contributed by atoms with Gasteiger partial charge in [-0.1, -0.05) is 13.8 Å². The third-order valence-corrected chi connectivity index (χ3v) is 3.49. The van der Waals surface area contributed by atoms with Gasteiger partial charge in [0.2, 0.25) is 0 Å². The Balaban J connectivity index is 2.08. The fourth-order valence-electron chi connectivity index (χ4n) is 2.21. The Labute approximate surface area is 96.1 Å². The third-order valence-electron chi connectivity index (χ3n) is 3.49. The van der Waals surface area contributed by atoms with E-state index in [9.17, 15) is 4.79 Å². The van der Waals surface area contributed by atoms with Gasteiger partial charge in [0.05, 0.1) is 0 Å². The summed E-state index contributed by atoms with van der Waals surface area (Å²) in [7, 11) is 0. The summed E-state index contributed by atoms with van der Waals surface area (Å²) in [4.78, 5) is 21.3. The van der Waals surface area contributed by atoms with Crippen LogP contribution in [0.15, 0.2) is 0 Å². The van der Waals surface area contributed by atoms with Crippen molar-refractivity contribution in [3.63, 3.8) is 0 Å². The lowest BCUT2D eigenvalue weighted by molar-refractivity contribution is 0.0129. The molecule has 1 saturated heterocycles. The second-order valence-electron chi connectivity index (χ2n) is 5.12. The second kappa shape index (κ2) is 3.61. The Morgan fingerprint density at radius 2 is 2.12 bits per heavy atom. The van der Waals surface area contributed by atoms with Crippen molar-refractivity contribution in [1.82, 2.24) is 14.9 Å². The molecule has 4 heteroatoms. The number of hydrogen-bond acceptors (Lipinski definition) is 2. The summed E-state index contributed by atoms with van der Waals surface area (Å²) in [5, 5.41) is 0. The summed E-state index contributed by atoms with van der Waals surface area (Å²) in [6.07, 6.45) is 1.12. The number of rotatable bonds is 2. The lowest BCUT2D eigenvalue weighted by atomic mass is 9.79. The quantitative estimate of drug-likeness (QED) is 0.829. The molecule has 1 aliphatic heterocycles. The van der Waals surface area contributed by atoms with Crippen LogP contribution in [0.5, 0.6) is 0 Å². The van der Waals surface area contributed by atoms with E-state index in [2.05, 4.69) is 23.8 Å². The summed E-state index contributed by atoms with van der Waals surface area (Å²) < 4.78 is 0. The minimum Gasteiger partial charge on any atom is -0.346 e. The number of nitrogens with one attached hydrogen (secondary N) is 1. The zero-order valence-corrected chi connectivity index (χ0v) is 10.4. The Bertz CT molecular complexity index is 416. The number of aromatic nitrogens is 2. The molecule has 0 aliphatic carbocycles. The van der Waals surface area contributed by atoms with Crippen LogP contribution < -0.4 is 0 Å². The minimum atomic E-state index is 0.0628. The molecule has 2 rings (SSSR count). The number of aryl methyl sites for hydroxylation is 2. The summed E-state index contributed by atoms with van der Waals surface area (Å²) in [5.41, 5.74) is 1.76. The van der Waals surface area contributed by atoms with Crippen LogP contribution in [-0.2, 0) is 0 Å². The van der Waals surface area contributed by atoms with Crippen LogP contribution in [0.2, 0.25) is 0 Å². The Morgan fingerprint density at radius 1 is 1.50 bits per heavy atom. The molecule has 0 bridgehead atoms. The molecule has 0 saturated carbocycles. The number of imidazole rings is 1. The molecule has 1 amide bonds. The van der Waals surface area contributed by atoms with Crippen molar-refractivity contribution >= 4 is 5.91 Å². The molecule has 1 aromatic rings. The van der Waals surface area contributed by atoms with E-state index in [0.29, 0.717) is 11.1 Å². The zero-order valence-electron chi connectivity index (χ0n) is 10.4. The van der Waals surface area contributed by atoms with Crippen LogP contribution in [0.4, 0.5) is 0 Å². The maximum absolute atomic E-state index is 12.1. The Hall–Kier alpha value is -1.32. The first kappa shape index (κ1) is 11.2. The first-order chi connectivity index (χ1) is 7.45. The molecular formula is C12H19N3O. The van der Waals surface area contributed by atoms with Gasteiger partial charge in [-0.2, -0.15) is 0 Å². The number of amides is 1. The Kier molecular flexibility index (Phi) is 2.52. The summed E-state index contributed by atoms with van der Waals surface area (Å²) >= 11 is 0. The maximum atomic E-state index is 12.1. The number of likely N-dealkylation sites (tertiary alicyclic amines) is 1.